The minimum atomic E-state index is -0.334. The monoisotopic (exact) mass is 335 g/mol. The van der Waals surface area contributed by atoms with Crippen LogP contribution in [0.25, 0.3) is 11.4 Å². The average Bonchev–Trinajstić information content (AvgIpc) is 2.50. The lowest BCUT2D eigenvalue weighted by Crippen LogP contribution is -2.37. The predicted molar refractivity (Wildman–Crippen MR) is 88.5 cm³/mol. The molecule has 2 aromatic rings. The molecular weight excluding hydrogens is 318 g/mol. The summed E-state index contributed by atoms with van der Waals surface area (Å²) in [4.78, 5) is 30.9. The van der Waals surface area contributed by atoms with E-state index in [9.17, 15) is 9.59 Å². The van der Waals surface area contributed by atoms with E-state index < -0.39 is 0 Å². The summed E-state index contributed by atoms with van der Waals surface area (Å²) >= 11 is 5.83. The Balaban J connectivity index is 2.09. The number of nitrogens with zero attached hydrogens (tertiary/aromatic N) is 1. The van der Waals surface area contributed by atoms with Crippen LogP contribution in [0.2, 0.25) is 5.02 Å². The smallest absolute Gasteiger partial charge is 0.254 e. The molecule has 0 aliphatic rings. The maximum absolute atomic E-state index is 12.1. The highest BCUT2D eigenvalue weighted by Crippen LogP contribution is 2.16. The molecule has 0 saturated carbocycles. The van der Waals surface area contributed by atoms with E-state index in [-0.39, 0.29) is 23.9 Å². The largest absolute Gasteiger partial charge is 0.383 e. The van der Waals surface area contributed by atoms with Crippen LogP contribution in [0.3, 0.4) is 0 Å². The lowest BCUT2D eigenvalue weighted by molar-refractivity contribution is -0.121. The number of H-pyrrole nitrogens is 1. The van der Waals surface area contributed by atoms with Gasteiger partial charge in [-0.3, -0.25) is 9.59 Å². The average molecular weight is 336 g/mol. The SMILES string of the molecule is COC[C@@H](C)NC(=O)Cc1cnc(-c2ccc(Cl)cc2)[nH]c1=O. The summed E-state index contributed by atoms with van der Waals surface area (Å²) in [6.07, 6.45) is 1.39. The van der Waals surface area contributed by atoms with Gasteiger partial charge in [0.2, 0.25) is 5.91 Å². The molecule has 0 spiro atoms. The van der Waals surface area contributed by atoms with E-state index in [4.69, 9.17) is 16.3 Å². The number of halogens is 1. The highest BCUT2D eigenvalue weighted by Gasteiger charge is 2.11. The third kappa shape index (κ3) is 4.91. The van der Waals surface area contributed by atoms with Crippen LogP contribution in [-0.4, -0.2) is 35.6 Å². The summed E-state index contributed by atoms with van der Waals surface area (Å²) in [5, 5.41) is 3.36. The van der Waals surface area contributed by atoms with E-state index >= 15 is 0 Å². The molecule has 0 aliphatic carbocycles. The molecule has 7 heteroatoms. The van der Waals surface area contributed by atoms with Crippen molar-refractivity contribution in [3.63, 3.8) is 0 Å². The maximum atomic E-state index is 12.1. The number of carbonyl (C=O) groups excluding carboxylic acids is 1. The van der Waals surface area contributed by atoms with Gasteiger partial charge in [0.15, 0.2) is 0 Å². The van der Waals surface area contributed by atoms with Gasteiger partial charge in [-0.15, -0.1) is 0 Å². The number of aromatic nitrogens is 2. The highest BCUT2D eigenvalue weighted by atomic mass is 35.5. The number of methoxy groups -OCH3 is 1. The van der Waals surface area contributed by atoms with Gasteiger partial charge < -0.3 is 15.0 Å². The van der Waals surface area contributed by atoms with E-state index in [1.54, 1.807) is 31.4 Å². The van der Waals surface area contributed by atoms with Gasteiger partial charge in [-0.1, -0.05) is 11.6 Å². The lowest BCUT2D eigenvalue weighted by Gasteiger charge is -2.12. The van der Waals surface area contributed by atoms with Gasteiger partial charge in [-0.05, 0) is 31.2 Å². The van der Waals surface area contributed by atoms with Gasteiger partial charge in [-0.2, -0.15) is 0 Å². The lowest BCUT2D eigenvalue weighted by atomic mass is 10.2. The molecule has 2 N–H and O–H groups in total. The Morgan fingerprint density at radius 3 is 2.70 bits per heavy atom. The second-order valence-electron chi connectivity index (χ2n) is 5.19. The molecule has 1 aromatic heterocycles. The molecule has 0 radical (unpaired) electrons. The summed E-state index contributed by atoms with van der Waals surface area (Å²) < 4.78 is 4.95. The number of benzene rings is 1. The number of hydrogen-bond donors (Lipinski definition) is 2. The van der Waals surface area contributed by atoms with Crippen molar-refractivity contribution in [1.82, 2.24) is 15.3 Å². The Labute approximate surface area is 138 Å². The Morgan fingerprint density at radius 2 is 2.09 bits per heavy atom. The van der Waals surface area contributed by atoms with E-state index in [1.165, 1.54) is 6.20 Å². The summed E-state index contributed by atoms with van der Waals surface area (Å²) in [6.45, 7) is 2.24. The molecule has 6 nitrogen and oxygen atoms in total. The zero-order valence-corrected chi connectivity index (χ0v) is 13.7. The molecule has 23 heavy (non-hydrogen) atoms. The third-order valence-corrected chi connectivity index (χ3v) is 3.42. The second kappa shape index (κ2) is 7.89. The molecule has 1 aromatic carbocycles. The van der Waals surface area contributed by atoms with Crippen LogP contribution in [0.1, 0.15) is 12.5 Å². The molecule has 2 rings (SSSR count). The molecule has 0 fully saturated rings. The van der Waals surface area contributed by atoms with Crippen molar-refractivity contribution < 1.29 is 9.53 Å². The van der Waals surface area contributed by atoms with Crippen LogP contribution in [0.4, 0.5) is 0 Å². The van der Waals surface area contributed by atoms with Crippen LogP contribution in [0.15, 0.2) is 35.3 Å². The van der Waals surface area contributed by atoms with Crippen LogP contribution < -0.4 is 10.9 Å². The molecule has 122 valence electrons. The first kappa shape index (κ1) is 17.2. The van der Waals surface area contributed by atoms with E-state index in [0.29, 0.717) is 23.0 Å². The third-order valence-electron chi connectivity index (χ3n) is 3.17. The number of ether oxygens (including phenoxy) is 1. The van der Waals surface area contributed by atoms with E-state index in [0.717, 1.165) is 5.56 Å². The molecule has 1 amide bonds. The van der Waals surface area contributed by atoms with Crippen LogP contribution in [-0.2, 0) is 16.0 Å². The van der Waals surface area contributed by atoms with E-state index in [1.807, 2.05) is 6.92 Å². The van der Waals surface area contributed by atoms with Crippen molar-refractivity contribution in [2.75, 3.05) is 13.7 Å². The van der Waals surface area contributed by atoms with Gasteiger partial charge in [0.05, 0.1) is 13.0 Å². The fourth-order valence-corrected chi connectivity index (χ4v) is 2.22. The zero-order chi connectivity index (χ0) is 16.8. The van der Waals surface area contributed by atoms with Crippen molar-refractivity contribution >= 4 is 17.5 Å². The van der Waals surface area contributed by atoms with Gasteiger partial charge in [0.1, 0.15) is 5.82 Å². The Kier molecular flexibility index (Phi) is 5.90. The normalized spacial score (nSPS) is 12.0. The first-order valence-electron chi connectivity index (χ1n) is 7.12. The number of carbonyl (C=O) groups is 1. The van der Waals surface area contributed by atoms with Gasteiger partial charge in [0, 0.05) is 35.5 Å². The van der Waals surface area contributed by atoms with Crippen LogP contribution >= 0.6 is 11.6 Å². The first-order valence-corrected chi connectivity index (χ1v) is 7.50. The number of rotatable bonds is 6. The zero-order valence-electron chi connectivity index (χ0n) is 12.9. The molecule has 0 saturated heterocycles. The molecule has 0 unspecified atom stereocenters. The predicted octanol–water partition coefficient (Wildman–Crippen LogP) is 1.78. The number of aromatic amines is 1. The second-order valence-corrected chi connectivity index (χ2v) is 5.63. The molecule has 1 atom stereocenters. The van der Waals surface area contributed by atoms with Crippen LogP contribution in [0.5, 0.6) is 0 Å². The van der Waals surface area contributed by atoms with Crippen molar-refractivity contribution in [2.24, 2.45) is 0 Å². The van der Waals surface area contributed by atoms with Crippen molar-refractivity contribution in [1.29, 1.82) is 0 Å². The Hall–Kier alpha value is -2.18. The van der Waals surface area contributed by atoms with Gasteiger partial charge in [-0.25, -0.2) is 4.98 Å². The summed E-state index contributed by atoms with van der Waals surface area (Å²) in [7, 11) is 1.56. The minimum Gasteiger partial charge on any atom is -0.383 e. The fourth-order valence-electron chi connectivity index (χ4n) is 2.09. The Morgan fingerprint density at radius 1 is 1.39 bits per heavy atom. The fraction of sp³-hybridized carbons (Fsp3) is 0.312. The summed E-state index contributed by atoms with van der Waals surface area (Å²) in [5.74, 6) is 0.185. The summed E-state index contributed by atoms with van der Waals surface area (Å²) in [6, 6.07) is 6.84. The molecular formula is C16H18ClN3O3. The molecule has 0 aliphatic heterocycles. The number of amides is 1. The maximum Gasteiger partial charge on any atom is 0.254 e. The highest BCUT2D eigenvalue weighted by molar-refractivity contribution is 6.30. The van der Waals surface area contributed by atoms with Gasteiger partial charge in [0.25, 0.3) is 5.56 Å². The quantitative estimate of drug-likeness (QED) is 0.843. The number of nitrogens with one attached hydrogen (secondary N) is 2. The summed E-state index contributed by atoms with van der Waals surface area (Å²) in [5.41, 5.74) is 0.723. The van der Waals surface area contributed by atoms with Crippen molar-refractivity contribution in [2.45, 2.75) is 19.4 Å². The van der Waals surface area contributed by atoms with Crippen molar-refractivity contribution in [3.8, 4) is 11.4 Å². The van der Waals surface area contributed by atoms with Gasteiger partial charge >= 0.3 is 0 Å². The number of hydrogen-bond acceptors (Lipinski definition) is 4. The van der Waals surface area contributed by atoms with Crippen LogP contribution in [0, 0.1) is 0 Å². The topological polar surface area (TPSA) is 84.1 Å². The molecule has 1 heterocycles. The molecule has 0 bridgehead atoms. The Bertz CT molecular complexity index is 728. The first-order chi connectivity index (χ1) is 11.0. The minimum absolute atomic E-state index is 0.0305. The van der Waals surface area contributed by atoms with Crippen molar-refractivity contribution in [3.05, 3.63) is 51.4 Å². The van der Waals surface area contributed by atoms with E-state index in [2.05, 4.69) is 15.3 Å². The standard InChI is InChI=1S/C16H18ClN3O3/c1-10(9-23-2)19-14(21)7-12-8-18-15(20-16(12)22)11-3-5-13(17)6-4-11/h3-6,8,10H,7,9H2,1-2H3,(H,19,21)(H,18,20,22)/t10-/m1/s1.